The normalized spacial score (nSPS) is 42.7. The highest BCUT2D eigenvalue weighted by Gasteiger charge is 2.22. The molecular formula is C28H56N8. The Balaban J connectivity index is 1.31. The Kier molecular flexibility index (Phi) is 11.2. The van der Waals surface area contributed by atoms with Crippen molar-refractivity contribution in [1.82, 2.24) is 39.2 Å². The van der Waals surface area contributed by atoms with Crippen molar-refractivity contribution >= 4 is 0 Å². The summed E-state index contributed by atoms with van der Waals surface area (Å²) < 4.78 is 0. The maximum Gasteiger partial charge on any atom is 0.0110 e. The van der Waals surface area contributed by atoms with E-state index in [0.717, 1.165) is 0 Å². The first-order valence-electron chi connectivity index (χ1n) is 15.6. The lowest BCUT2D eigenvalue weighted by Crippen LogP contribution is -2.50. The van der Waals surface area contributed by atoms with Crippen molar-refractivity contribution in [2.45, 2.75) is 25.7 Å². The molecule has 8 bridgehead atoms. The van der Waals surface area contributed by atoms with Crippen LogP contribution in [0.25, 0.3) is 0 Å². The zero-order valence-electron chi connectivity index (χ0n) is 23.4. The third kappa shape index (κ3) is 8.87. The van der Waals surface area contributed by atoms with Gasteiger partial charge in [0.15, 0.2) is 0 Å². The Morgan fingerprint density at radius 3 is 0.361 bits per heavy atom. The van der Waals surface area contributed by atoms with Crippen molar-refractivity contribution in [2.24, 2.45) is 0 Å². The van der Waals surface area contributed by atoms with E-state index >= 15 is 0 Å². The lowest BCUT2D eigenvalue weighted by molar-refractivity contribution is 0.0918. The lowest BCUT2D eigenvalue weighted by Gasteiger charge is -2.38. The molecule has 0 N–H and O–H groups in total. The molecule has 8 aliphatic heterocycles. The second-order valence-electron chi connectivity index (χ2n) is 12.1. The highest BCUT2D eigenvalue weighted by molar-refractivity contribution is 4.78. The highest BCUT2D eigenvalue weighted by atomic mass is 15.3. The predicted molar refractivity (Wildman–Crippen MR) is 150 cm³/mol. The molecule has 0 spiro atoms. The molecule has 0 aliphatic carbocycles. The third-order valence-corrected chi connectivity index (χ3v) is 9.65. The van der Waals surface area contributed by atoms with Crippen molar-refractivity contribution in [3.8, 4) is 0 Å². The van der Waals surface area contributed by atoms with E-state index in [9.17, 15) is 0 Å². The van der Waals surface area contributed by atoms with Gasteiger partial charge in [-0.1, -0.05) is 0 Å². The number of fused-ring (bicyclic) bond motifs is 4. The molecule has 8 heterocycles. The minimum absolute atomic E-state index is 1.25. The van der Waals surface area contributed by atoms with Crippen LogP contribution in [0.5, 0.6) is 0 Å². The van der Waals surface area contributed by atoms with E-state index < -0.39 is 0 Å². The maximum absolute atomic E-state index is 2.80. The SMILES string of the molecule is C1CN2CCN3CCCN4CCN5CCCN(CC4)CCN(CCCN(CC2)CCN(C1)CC3)CC5. The van der Waals surface area contributed by atoms with Gasteiger partial charge < -0.3 is 39.2 Å². The molecule has 0 aromatic heterocycles. The fourth-order valence-electron chi connectivity index (χ4n) is 7.02. The summed E-state index contributed by atoms with van der Waals surface area (Å²) in [7, 11) is 0. The average molecular weight is 505 g/mol. The van der Waals surface area contributed by atoms with Crippen molar-refractivity contribution in [2.75, 3.05) is 157 Å². The Morgan fingerprint density at radius 1 is 0.139 bits per heavy atom. The molecular weight excluding hydrogens is 448 g/mol. The maximum atomic E-state index is 2.80. The minimum Gasteiger partial charge on any atom is -0.301 e. The quantitative estimate of drug-likeness (QED) is 0.456. The summed E-state index contributed by atoms with van der Waals surface area (Å²) in [5.41, 5.74) is 0. The fourth-order valence-corrected chi connectivity index (χ4v) is 7.02. The summed E-state index contributed by atoms with van der Waals surface area (Å²) in [6, 6.07) is 0. The Morgan fingerprint density at radius 2 is 0.250 bits per heavy atom. The van der Waals surface area contributed by atoms with E-state index in [1.807, 2.05) is 0 Å². The molecule has 0 unspecified atom stereocenters. The molecule has 208 valence electrons. The second-order valence-corrected chi connectivity index (χ2v) is 12.1. The average Bonchev–Trinajstić information content (AvgIpc) is 2.89. The fraction of sp³-hybridized carbons (Fsp3) is 1.00. The van der Waals surface area contributed by atoms with Gasteiger partial charge in [-0.2, -0.15) is 0 Å². The molecule has 0 atom stereocenters. The summed E-state index contributed by atoms with van der Waals surface area (Å²) in [5, 5.41) is 0. The highest BCUT2D eigenvalue weighted by Crippen LogP contribution is 2.10. The van der Waals surface area contributed by atoms with E-state index in [1.165, 1.54) is 183 Å². The monoisotopic (exact) mass is 504 g/mol. The van der Waals surface area contributed by atoms with Crippen LogP contribution in [0.15, 0.2) is 0 Å². The molecule has 8 heteroatoms. The van der Waals surface area contributed by atoms with E-state index in [0.29, 0.717) is 0 Å². The number of hydrogen-bond acceptors (Lipinski definition) is 8. The third-order valence-electron chi connectivity index (χ3n) is 9.65. The zero-order chi connectivity index (χ0) is 24.4. The van der Waals surface area contributed by atoms with Crippen LogP contribution in [-0.4, -0.2) is 196 Å². The van der Waals surface area contributed by atoms with Gasteiger partial charge in [-0.3, -0.25) is 0 Å². The van der Waals surface area contributed by atoms with Crippen LogP contribution in [0.4, 0.5) is 0 Å². The Hall–Kier alpha value is -0.320. The molecule has 0 aromatic rings. The van der Waals surface area contributed by atoms with Crippen LogP contribution < -0.4 is 0 Å². The predicted octanol–water partition coefficient (Wildman–Crippen LogP) is 0.0308. The topological polar surface area (TPSA) is 25.9 Å². The van der Waals surface area contributed by atoms with Crippen molar-refractivity contribution in [3.05, 3.63) is 0 Å². The van der Waals surface area contributed by atoms with Crippen LogP contribution in [0, 0.1) is 0 Å². The van der Waals surface area contributed by atoms with Crippen molar-refractivity contribution in [1.29, 1.82) is 0 Å². The van der Waals surface area contributed by atoms with Gasteiger partial charge in [-0.25, -0.2) is 0 Å². The van der Waals surface area contributed by atoms with Gasteiger partial charge in [0.05, 0.1) is 0 Å². The summed E-state index contributed by atoms with van der Waals surface area (Å²) >= 11 is 0. The van der Waals surface area contributed by atoms with Gasteiger partial charge >= 0.3 is 0 Å². The van der Waals surface area contributed by atoms with Crippen LogP contribution in [0.3, 0.4) is 0 Å². The minimum atomic E-state index is 1.25. The van der Waals surface area contributed by atoms with Crippen LogP contribution in [0.2, 0.25) is 0 Å². The molecule has 36 heavy (non-hydrogen) atoms. The molecule has 0 radical (unpaired) electrons. The van der Waals surface area contributed by atoms with Crippen molar-refractivity contribution in [3.63, 3.8) is 0 Å². The zero-order valence-corrected chi connectivity index (χ0v) is 23.4. The summed E-state index contributed by atoms with van der Waals surface area (Å²) in [5.74, 6) is 0. The van der Waals surface area contributed by atoms with Gasteiger partial charge in [0, 0.05) is 105 Å². The van der Waals surface area contributed by atoms with Gasteiger partial charge in [-0.05, 0) is 78.0 Å². The van der Waals surface area contributed by atoms with Crippen molar-refractivity contribution < 1.29 is 0 Å². The summed E-state index contributed by atoms with van der Waals surface area (Å²) in [6.45, 7) is 30.3. The van der Waals surface area contributed by atoms with E-state index in [-0.39, 0.29) is 0 Å². The molecule has 8 rings (SSSR count). The molecule has 0 saturated carbocycles. The number of nitrogens with zero attached hydrogens (tertiary/aromatic N) is 8. The number of rotatable bonds is 0. The van der Waals surface area contributed by atoms with E-state index in [4.69, 9.17) is 0 Å². The van der Waals surface area contributed by atoms with Gasteiger partial charge in [-0.15, -0.1) is 0 Å². The molecule has 8 saturated heterocycles. The largest absolute Gasteiger partial charge is 0.301 e. The first-order chi connectivity index (χ1) is 17.8. The van der Waals surface area contributed by atoms with Crippen LogP contribution in [-0.2, 0) is 0 Å². The Labute approximate surface area is 222 Å². The molecule has 0 amide bonds. The van der Waals surface area contributed by atoms with E-state index in [2.05, 4.69) is 39.2 Å². The number of hydrogen-bond donors (Lipinski definition) is 0. The Bertz CT molecular complexity index is 488. The van der Waals surface area contributed by atoms with Crippen LogP contribution in [0.1, 0.15) is 25.7 Å². The summed E-state index contributed by atoms with van der Waals surface area (Å²) in [4.78, 5) is 22.3. The van der Waals surface area contributed by atoms with Gasteiger partial charge in [0.2, 0.25) is 0 Å². The second kappa shape index (κ2) is 14.7. The van der Waals surface area contributed by atoms with E-state index in [1.54, 1.807) is 0 Å². The first kappa shape index (κ1) is 27.3. The van der Waals surface area contributed by atoms with Crippen LogP contribution >= 0.6 is 0 Å². The van der Waals surface area contributed by atoms with Gasteiger partial charge in [0.25, 0.3) is 0 Å². The molecule has 8 nitrogen and oxygen atoms in total. The van der Waals surface area contributed by atoms with Gasteiger partial charge in [0.1, 0.15) is 0 Å². The summed E-state index contributed by atoms with van der Waals surface area (Å²) in [6.07, 6.45) is 5.33. The molecule has 0 aromatic carbocycles. The lowest BCUT2D eigenvalue weighted by atomic mass is 10.2. The molecule has 8 fully saturated rings. The molecule has 8 aliphatic rings. The smallest absolute Gasteiger partial charge is 0.0110 e. The first-order valence-corrected chi connectivity index (χ1v) is 15.6. The standard InChI is InChI=1S/C28H56N8/c1-5-29-13-21-33-9-3-10-34(22-14-29)26-18-31(17-25-33)7-2-8-32-19-27-35-11-4-12-36(28-20-32)24-16-30(6-1)15-23-35/h1-28H2.